The summed E-state index contributed by atoms with van der Waals surface area (Å²) >= 11 is 2.12. The standard InChI is InChI=1S/C27H23F2IO10/c1-27(28,29)26(35)40-21-13-7-12-16(24(33)39-20(12)21)17(13)25(34)37-18-10-6-11-15(23(32)38-19(11)18)14(10)22(31)36-9-4-2-8(30)3-5-9/h2-5,10-21H,6-7H2,1H3. The summed E-state index contributed by atoms with van der Waals surface area (Å²) in [6.07, 6.45) is -3.07. The minimum atomic E-state index is -3.76. The molecule has 2 aliphatic heterocycles. The maximum absolute atomic E-state index is 13.6. The lowest BCUT2D eigenvalue weighted by molar-refractivity contribution is -0.187. The van der Waals surface area contributed by atoms with Gasteiger partial charge in [-0.15, -0.1) is 0 Å². The molecule has 7 rings (SSSR count). The van der Waals surface area contributed by atoms with E-state index >= 15 is 0 Å². The van der Waals surface area contributed by atoms with E-state index in [1.165, 1.54) is 0 Å². The summed E-state index contributed by atoms with van der Waals surface area (Å²) in [4.78, 5) is 64.2. The highest BCUT2D eigenvalue weighted by Crippen LogP contribution is 2.61. The van der Waals surface area contributed by atoms with Crippen LogP contribution in [-0.2, 0) is 42.9 Å². The Hall–Kier alpha value is -2.84. The Morgan fingerprint density at radius 2 is 1.32 bits per heavy atom. The van der Waals surface area contributed by atoms with E-state index in [1.54, 1.807) is 24.3 Å². The van der Waals surface area contributed by atoms with Crippen LogP contribution in [0.3, 0.4) is 0 Å². The van der Waals surface area contributed by atoms with Crippen LogP contribution in [0.2, 0.25) is 0 Å². The van der Waals surface area contributed by atoms with Crippen molar-refractivity contribution in [1.29, 1.82) is 0 Å². The van der Waals surface area contributed by atoms with Crippen molar-refractivity contribution in [2.75, 3.05) is 0 Å². The maximum Gasteiger partial charge on any atom is 0.377 e. The predicted molar refractivity (Wildman–Crippen MR) is 132 cm³/mol. The predicted octanol–water partition coefficient (Wildman–Crippen LogP) is 2.29. The van der Waals surface area contributed by atoms with Crippen LogP contribution in [-0.4, -0.2) is 60.2 Å². The number of alkyl halides is 2. The van der Waals surface area contributed by atoms with Crippen LogP contribution in [0.25, 0.3) is 0 Å². The molecule has 0 radical (unpaired) electrons. The monoisotopic (exact) mass is 672 g/mol. The fourth-order valence-electron chi connectivity index (χ4n) is 8.06. The van der Waals surface area contributed by atoms with Gasteiger partial charge in [-0.1, -0.05) is 0 Å². The summed E-state index contributed by atoms with van der Waals surface area (Å²) in [6.45, 7) is 0.406. The smallest absolute Gasteiger partial charge is 0.377 e. The van der Waals surface area contributed by atoms with E-state index in [4.69, 9.17) is 23.7 Å². The highest BCUT2D eigenvalue weighted by atomic mass is 127. The van der Waals surface area contributed by atoms with Crippen molar-refractivity contribution in [3.8, 4) is 5.75 Å². The molecule has 6 aliphatic rings. The molecule has 2 heterocycles. The summed E-state index contributed by atoms with van der Waals surface area (Å²) in [5.74, 6) is -13.4. The van der Waals surface area contributed by atoms with Gasteiger partial charge in [-0.3, -0.25) is 19.2 Å². The Morgan fingerprint density at radius 1 is 0.825 bits per heavy atom. The zero-order chi connectivity index (χ0) is 28.2. The molecule has 13 heteroatoms. The Morgan fingerprint density at radius 3 is 1.85 bits per heavy atom. The largest absolute Gasteiger partial charge is 0.458 e. The van der Waals surface area contributed by atoms with Crippen LogP contribution in [0.4, 0.5) is 8.78 Å². The SMILES string of the molecule is CC(F)(F)C(=O)OC1C2CC3C1OC(=O)C3C2C(=O)OC1C2CC3C1OC(=O)C3C2C(=O)Oc1ccc(I)cc1. The van der Waals surface area contributed by atoms with Gasteiger partial charge in [0, 0.05) is 34.2 Å². The first-order valence-corrected chi connectivity index (χ1v) is 14.2. The molecule has 0 spiro atoms. The number of carbonyl (C=O) groups is 5. The molecular weight excluding hydrogens is 649 g/mol. The third kappa shape index (κ3) is 3.71. The Bertz CT molecular complexity index is 1330. The summed E-state index contributed by atoms with van der Waals surface area (Å²) in [5, 5.41) is 0. The van der Waals surface area contributed by atoms with Gasteiger partial charge in [-0.25, -0.2) is 4.79 Å². The van der Waals surface area contributed by atoms with E-state index in [1.807, 2.05) is 0 Å². The fourth-order valence-corrected chi connectivity index (χ4v) is 8.42. The molecule has 1 aromatic carbocycles. The van der Waals surface area contributed by atoms with Gasteiger partial charge >= 0.3 is 35.8 Å². The van der Waals surface area contributed by atoms with Gasteiger partial charge in [0.05, 0.1) is 23.7 Å². The molecule has 4 aliphatic carbocycles. The third-order valence-electron chi connectivity index (χ3n) is 9.52. The molecule has 40 heavy (non-hydrogen) atoms. The topological polar surface area (TPSA) is 132 Å². The highest BCUT2D eigenvalue weighted by molar-refractivity contribution is 14.1. The summed E-state index contributed by atoms with van der Waals surface area (Å²) in [5.41, 5.74) is 0. The van der Waals surface area contributed by atoms with E-state index < -0.39 is 102 Å². The number of ether oxygens (including phenoxy) is 5. The number of hydrogen-bond acceptors (Lipinski definition) is 10. The quantitative estimate of drug-likeness (QED) is 0.192. The molecule has 6 fully saturated rings. The van der Waals surface area contributed by atoms with Crippen LogP contribution in [0, 0.1) is 50.9 Å². The lowest BCUT2D eigenvalue weighted by Gasteiger charge is -2.34. The third-order valence-corrected chi connectivity index (χ3v) is 10.2. The summed E-state index contributed by atoms with van der Waals surface area (Å²) < 4.78 is 55.5. The summed E-state index contributed by atoms with van der Waals surface area (Å²) in [6, 6.07) is 6.82. The van der Waals surface area contributed by atoms with Gasteiger partial charge < -0.3 is 23.7 Å². The molecule has 0 aromatic heterocycles. The minimum Gasteiger partial charge on any atom is -0.458 e. The second-order valence-electron chi connectivity index (χ2n) is 11.6. The van der Waals surface area contributed by atoms with Crippen LogP contribution in [0.1, 0.15) is 19.8 Å². The number of benzene rings is 1. The fraction of sp³-hybridized carbons (Fsp3) is 0.593. The Kier molecular flexibility index (Phi) is 5.76. The van der Waals surface area contributed by atoms with Crippen molar-refractivity contribution in [2.24, 2.45) is 47.3 Å². The van der Waals surface area contributed by atoms with E-state index in [0.29, 0.717) is 19.1 Å². The normalized spacial score (nSPS) is 41.6. The molecule has 10 nitrogen and oxygen atoms in total. The zero-order valence-corrected chi connectivity index (χ0v) is 23.0. The lowest BCUT2D eigenvalue weighted by atomic mass is 9.77. The van der Waals surface area contributed by atoms with Crippen LogP contribution >= 0.6 is 22.6 Å². The molecule has 12 atom stereocenters. The molecule has 0 N–H and O–H groups in total. The second kappa shape index (κ2) is 8.83. The van der Waals surface area contributed by atoms with Crippen molar-refractivity contribution in [2.45, 2.75) is 50.1 Å². The van der Waals surface area contributed by atoms with Gasteiger partial charge in [-0.05, 0) is 59.7 Å². The molecule has 0 amide bonds. The summed E-state index contributed by atoms with van der Waals surface area (Å²) in [7, 11) is 0. The average Bonchev–Trinajstić information content (AvgIpc) is 3.68. The van der Waals surface area contributed by atoms with Crippen LogP contribution in [0.5, 0.6) is 5.75 Å². The van der Waals surface area contributed by atoms with Gasteiger partial charge in [0.1, 0.15) is 30.2 Å². The molecule has 212 valence electrons. The number of carbonyl (C=O) groups excluding carboxylic acids is 5. The van der Waals surface area contributed by atoms with E-state index in [2.05, 4.69) is 22.6 Å². The molecule has 4 bridgehead atoms. The van der Waals surface area contributed by atoms with Crippen molar-refractivity contribution in [1.82, 2.24) is 0 Å². The molecule has 2 saturated heterocycles. The van der Waals surface area contributed by atoms with Crippen molar-refractivity contribution >= 4 is 52.4 Å². The number of hydrogen-bond donors (Lipinski definition) is 0. The van der Waals surface area contributed by atoms with Gasteiger partial charge in [0.25, 0.3) is 0 Å². The first-order valence-electron chi connectivity index (χ1n) is 13.1. The van der Waals surface area contributed by atoms with E-state index in [-0.39, 0.29) is 12.3 Å². The zero-order valence-electron chi connectivity index (χ0n) is 20.9. The molecule has 1 aromatic rings. The average molecular weight is 672 g/mol. The molecule has 4 saturated carbocycles. The van der Waals surface area contributed by atoms with Crippen LogP contribution < -0.4 is 4.74 Å². The lowest BCUT2D eigenvalue weighted by Crippen LogP contribution is -2.48. The second-order valence-corrected chi connectivity index (χ2v) is 12.8. The number of rotatable bonds is 6. The number of halogens is 3. The van der Waals surface area contributed by atoms with E-state index in [0.717, 1.165) is 3.57 Å². The van der Waals surface area contributed by atoms with Crippen molar-refractivity contribution < 1.29 is 56.4 Å². The maximum atomic E-state index is 13.6. The molecular formula is C27H23F2IO10. The van der Waals surface area contributed by atoms with E-state index in [9.17, 15) is 32.8 Å². The van der Waals surface area contributed by atoms with Crippen molar-refractivity contribution in [3.63, 3.8) is 0 Å². The minimum absolute atomic E-state index is 0.274. The first-order chi connectivity index (χ1) is 18.9. The number of esters is 5. The van der Waals surface area contributed by atoms with Crippen molar-refractivity contribution in [3.05, 3.63) is 27.8 Å². The Labute approximate surface area is 239 Å². The van der Waals surface area contributed by atoms with Gasteiger partial charge in [0.15, 0.2) is 0 Å². The van der Waals surface area contributed by atoms with Crippen LogP contribution in [0.15, 0.2) is 24.3 Å². The highest BCUT2D eigenvalue weighted by Gasteiger charge is 2.73. The molecule has 12 unspecified atom stereocenters. The first kappa shape index (κ1) is 26.1. The number of fused-ring (bicyclic) bond motifs is 2. The Balaban J connectivity index is 1.11. The van der Waals surface area contributed by atoms with Gasteiger partial charge in [-0.2, -0.15) is 8.78 Å². The van der Waals surface area contributed by atoms with Gasteiger partial charge in [0.2, 0.25) is 0 Å².